The van der Waals surface area contributed by atoms with Crippen molar-refractivity contribution in [3.8, 4) is 0 Å². The van der Waals surface area contributed by atoms with E-state index in [0.29, 0.717) is 18.3 Å². The molecule has 0 aromatic carbocycles. The molecule has 4 nitrogen and oxygen atoms in total. The Morgan fingerprint density at radius 1 is 1.67 bits per heavy atom. The van der Waals surface area contributed by atoms with Gasteiger partial charge in [-0.25, -0.2) is 0 Å². The number of rotatable bonds is 2. The molecule has 0 spiro atoms. The fourth-order valence-electron chi connectivity index (χ4n) is 0.571. The summed E-state index contributed by atoms with van der Waals surface area (Å²) in [5.41, 5.74) is 0. The lowest BCUT2D eigenvalue weighted by Gasteiger charge is -1.85. The molecule has 0 aliphatic rings. The molecule has 0 aliphatic carbocycles. The van der Waals surface area contributed by atoms with Gasteiger partial charge in [0.25, 0.3) is 0 Å². The van der Waals surface area contributed by atoms with Crippen LogP contribution in [0, 0.1) is 6.92 Å². The standard InChI is InChI=1S/C5H9N3O/c1-4-7-5(3-6-2)8-9-4/h6H,3H2,1-2H3. The smallest absolute Gasteiger partial charge is 0.223 e. The summed E-state index contributed by atoms with van der Waals surface area (Å²) in [6.45, 7) is 2.43. The highest BCUT2D eigenvalue weighted by atomic mass is 16.5. The first kappa shape index (κ1) is 6.22. The molecule has 0 atom stereocenters. The highest BCUT2D eigenvalue weighted by Crippen LogP contribution is 1.92. The minimum Gasteiger partial charge on any atom is -0.340 e. The van der Waals surface area contributed by atoms with Gasteiger partial charge in [-0.05, 0) is 7.05 Å². The van der Waals surface area contributed by atoms with Crippen molar-refractivity contribution in [2.45, 2.75) is 13.5 Å². The zero-order chi connectivity index (χ0) is 6.69. The maximum atomic E-state index is 4.72. The summed E-state index contributed by atoms with van der Waals surface area (Å²) >= 11 is 0. The van der Waals surface area contributed by atoms with Crippen LogP contribution in [-0.2, 0) is 6.54 Å². The van der Waals surface area contributed by atoms with E-state index in [1.54, 1.807) is 6.92 Å². The van der Waals surface area contributed by atoms with Crippen LogP contribution >= 0.6 is 0 Å². The topological polar surface area (TPSA) is 51.0 Å². The molecule has 0 aliphatic heterocycles. The summed E-state index contributed by atoms with van der Waals surface area (Å²) in [4.78, 5) is 3.96. The van der Waals surface area contributed by atoms with E-state index < -0.39 is 0 Å². The van der Waals surface area contributed by atoms with Crippen molar-refractivity contribution in [2.24, 2.45) is 0 Å². The maximum Gasteiger partial charge on any atom is 0.223 e. The molecule has 4 heteroatoms. The number of aromatic nitrogens is 2. The molecule has 0 saturated carbocycles. The second-order valence-electron chi connectivity index (χ2n) is 1.76. The van der Waals surface area contributed by atoms with Gasteiger partial charge in [0.05, 0.1) is 6.54 Å². The average molecular weight is 127 g/mol. The SMILES string of the molecule is CNCc1noc(C)n1. The van der Waals surface area contributed by atoms with Crippen LogP contribution in [0.15, 0.2) is 4.52 Å². The van der Waals surface area contributed by atoms with Crippen LogP contribution in [0.4, 0.5) is 0 Å². The van der Waals surface area contributed by atoms with Crippen LogP contribution in [0.2, 0.25) is 0 Å². The van der Waals surface area contributed by atoms with Crippen molar-refractivity contribution >= 4 is 0 Å². The van der Waals surface area contributed by atoms with Crippen molar-refractivity contribution in [3.05, 3.63) is 11.7 Å². The van der Waals surface area contributed by atoms with E-state index in [0.717, 1.165) is 0 Å². The molecule has 0 unspecified atom stereocenters. The third-order valence-electron chi connectivity index (χ3n) is 0.905. The summed E-state index contributed by atoms with van der Waals surface area (Å²) < 4.78 is 4.72. The van der Waals surface area contributed by atoms with Crippen LogP contribution in [0.5, 0.6) is 0 Å². The monoisotopic (exact) mass is 127 g/mol. The fourth-order valence-corrected chi connectivity index (χ4v) is 0.571. The molecule has 50 valence electrons. The van der Waals surface area contributed by atoms with Crippen LogP contribution in [0.25, 0.3) is 0 Å². The first-order valence-electron chi connectivity index (χ1n) is 2.76. The summed E-state index contributed by atoms with van der Waals surface area (Å²) in [5, 5.41) is 6.57. The van der Waals surface area contributed by atoms with Gasteiger partial charge >= 0.3 is 0 Å². The predicted molar refractivity (Wildman–Crippen MR) is 31.8 cm³/mol. The Hall–Kier alpha value is -0.900. The van der Waals surface area contributed by atoms with Gasteiger partial charge in [0.15, 0.2) is 5.82 Å². The molecule has 1 aromatic heterocycles. The second-order valence-corrected chi connectivity index (χ2v) is 1.76. The Morgan fingerprint density at radius 2 is 2.44 bits per heavy atom. The molecular weight excluding hydrogens is 118 g/mol. The van der Waals surface area contributed by atoms with Crippen molar-refractivity contribution in [1.82, 2.24) is 15.5 Å². The molecule has 1 N–H and O–H groups in total. The Labute approximate surface area is 53.3 Å². The minimum atomic E-state index is 0.611. The van der Waals surface area contributed by atoms with Crippen LogP contribution in [0.3, 0.4) is 0 Å². The lowest BCUT2D eigenvalue weighted by atomic mass is 10.6. The molecule has 1 rings (SSSR count). The third-order valence-corrected chi connectivity index (χ3v) is 0.905. The van der Waals surface area contributed by atoms with Gasteiger partial charge in [-0.1, -0.05) is 5.16 Å². The highest BCUT2D eigenvalue weighted by molar-refractivity contribution is 4.81. The molecule has 0 amide bonds. The van der Waals surface area contributed by atoms with E-state index in [-0.39, 0.29) is 0 Å². The van der Waals surface area contributed by atoms with Crippen LogP contribution in [-0.4, -0.2) is 17.2 Å². The average Bonchev–Trinajstić information content (AvgIpc) is 2.17. The fraction of sp³-hybridized carbons (Fsp3) is 0.600. The molecule has 0 radical (unpaired) electrons. The summed E-state index contributed by atoms with van der Waals surface area (Å²) in [7, 11) is 1.84. The molecule has 0 fully saturated rings. The Bertz CT molecular complexity index is 184. The predicted octanol–water partition coefficient (Wildman–Crippen LogP) is 0.0974. The second kappa shape index (κ2) is 2.59. The summed E-state index contributed by atoms with van der Waals surface area (Å²) in [5.74, 6) is 1.32. The van der Waals surface area contributed by atoms with Gasteiger partial charge < -0.3 is 9.84 Å². The van der Waals surface area contributed by atoms with E-state index in [9.17, 15) is 0 Å². The van der Waals surface area contributed by atoms with E-state index in [2.05, 4.69) is 15.5 Å². The zero-order valence-electron chi connectivity index (χ0n) is 5.51. The van der Waals surface area contributed by atoms with Gasteiger partial charge in [-0.3, -0.25) is 0 Å². The molecule has 1 heterocycles. The summed E-state index contributed by atoms with van der Waals surface area (Å²) in [6, 6.07) is 0. The maximum absolute atomic E-state index is 4.72. The van der Waals surface area contributed by atoms with Gasteiger partial charge in [0, 0.05) is 6.92 Å². The van der Waals surface area contributed by atoms with Gasteiger partial charge in [-0.2, -0.15) is 4.98 Å². The first-order valence-corrected chi connectivity index (χ1v) is 2.76. The summed E-state index contributed by atoms with van der Waals surface area (Å²) in [6.07, 6.45) is 0. The van der Waals surface area contributed by atoms with Crippen molar-refractivity contribution in [2.75, 3.05) is 7.05 Å². The Balaban J connectivity index is 2.61. The van der Waals surface area contributed by atoms with Crippen molar-refractivity contribution < 1.29 is 4.52 Å². The van der Waals surface area contributed by atoms with Crippen LogP contribution < -0.4 is 5.32 Å². The third kappa shape index (κ3) is 1.50. The first-order chi connectivity index (χ1) is 4.33. The quantitative estimate of drug-likeness (QED) is 0.612. The molecule has 9 heavy (non-hydrogen) atoms. The lowest BCUT2D eigenvalue weighted by molar-refractivity contribution is 0.386. The molecule has 0 bridgehead atoms. The largest absolute Gasteiger partial charge is 0.340 e. The molecule has 0 saturated heterocycles. The Morgan fingerprint density at radius 3 is 2.89 bits per heavy atom. The van der Waals surface area contributed by atoms with Crippen molar-refractivity contribution in [3.63, 3.8) is 0 Å². The van der Waals surface area contributed by atoms with E-state index >= 15 is 0 Å². The number of hydrogen-bond acceptors (Lipinski definition) is 4. The van der Waals surface area contributed by atoms with E-state index in [4.69, 9.17) is 4.52 Å². The Kier molecular flexibility index (Phi) is 1.79. The number of aryl methyl sites for hydroxylation is 1. The zero-order valence-corrected chi connectivity index (χ0v) is 5.51. The van der Waals surface area contributed by atoms with Gasteiger partial charge in [-0.15, -0.1) is 0 Å². The minimum absolute atomic E-state index is 0.611. The molecule has 1 aromatic rings. The van der Waals surface area contributed by atoms with Gasteiger partial charge in [0.1, 0.15) is 0 Å². The number of hydrogen-bond donors (Lipinski definition) is 1. The van der Waals surface area contributed by atoms with E-state index in [1.165, 1.54) is 0 Å². The van der Waals surface area contributed by atoms with Crippen LogP contribution in [0.1, 0.15) is 11.7 Å². The lowest BCUT2D eigenvalue weighted by Crippen LogP contribution is -2.06. The van der Waals surface area contributed by atoms with Gasteiger partial charge in [0.2, 0.25) is 5.89 Å². The number of nitrogens with zero attached hydrogens (tertiary/aromatic N) is 2. The van der Waals surface area contributed by atoms with Crippen molar-refractivity contribution in [1.29, 1.82) is 0 Å². The normalized spacial score (nSPS) is 10.0. The van der Waals surface area contributed by atoms with E-state index in [1.807, 2.05) is 7.05 Å². The highest BCUT2D eigenvalue weighted by Gasteiger charge is 1.97. The molecular formula is C5H9N3O. The number of nitrogens with one attached hydrogen (secondary N) is 1.